The molecule has 1 rings (SSSR count). The number of benzene rings is 1. The predicted molar refractivity (Wildman–Crippen MR) is 78.9 cm³/mol. The van der Waals surface area contributed by atoms with Crippen LogP contribution in [0.4, 0.5) is 0 Å². The highest BCUT2D eigenvalue weighted by Crippen LogP contribution is 2.18. The van der Waals surface area contributed by atoms with Crippen molar-refractivity contribution >= 4 is 15.9 Å². The first-order chi connectivity index (χ1) is 9.58. The molecule has 21 heavy (non-hydrogen) atoms. The molecule has 0 radical (unpaired) electrons. The zero-order valence-electron chi connectivity index (χ0n) is 12.5. The molecule has 1 aromatic carbocycles. The molecule has 1 amide bonds. The first kappa shape index (κ1) is 17.1. The maximum absolute atomic E-state index is 12.4. The van der Waals surface area contributed by atoms with Crippen molar-refractivity contribution < 1.29 is 13.2 Å². The van der Waals surface area contributed by atoms with Gasteiger partial charge in [0.1, 0.15) is 6.07 Å². The molecule has 0 saturated carbocycles. The van der Waals surface area contributed by atoms with E-state index >= 15 is 0 Å². The molecule has 0 saturated heterocycles. The second-order valence-corrected chi connectivity index (χ2v) is 7.68. The number of nitriles is 1. The van der Waals surface area contributed by atoms with Crippen LogP contribution in [-0.2, 0) is 14.8 Å². The molecule has 0 spiro atoms. The molecule has 0 atom stereocenters. The van der Waals surface area contributed by atoms with Gasteiger partial charge in [-0.2, -0.15) is 9.57 Å². The normalized spacial score (nSPS) is 12.0. The Kier molecular flexibility index (Phi) is 5.10. The van der Waals surface area contributed by atoms with Gasteiger partial charge in [0.05, 0.1) is 17.0 Å². The van der Waals surface area contributed by atoms with Crippen LogP contribution in [0.1, 0.15) is 26.3 Å². The van der Waals surface area contributed by atoms with E-state index < -0.39 is 21.5 Å². The van der Waals surface area contributed by atoms with E-state index in [0.717, 1.165) is 4.31 Å². The fourth-order valence-corrected chi connectivity index (χ4v) is 2.96. The zero-order chi connectivity index (χ0) is 16.3. The molecule has 0 aliphatic carbocycles. The summed E-state index contributed by atoms with van der Waals surface area (Å²) >= 11 is 0. The van der Waals surface area contributed by atoms with Gasteiger partial charge in [0.25, 0.3) is 0 Å². The molecule has 0 heterocycles. The maximum Gasteiger partial charge on any atom is 0.244 e. The van der Waals surface area contributed by atoms with E-state index in [1.165, 1.54) is 25.2 Å². The summed E-state index contributed by atoms with van der Waals surface area (Å²) in [4.78, 5) is 11.7. The van der Waals surface area contributed by atoms with Crippen LogP contribution >= 0.6 is 0 Å². The highest BCUT2D eigenvalue weighted by atomic mass is 32.2. The molecule has 1 aromatic rings. The van der Waals surface area contributed by atoms with Gasteiger partial charge >= 0.3 is 0 Å². The van der Waals surface area contributed by atoms with E-state index in [-0.39, 0.29) is 17.0 Å². The van der Waals surface area contributed by atoms with Crippen LogP contribution in [0.3, 0.4) is 0 Å². The van der Waals surface area contributed by atoms with Gasteiger partial charge in [-0.25, -0.2) is 8.42 Å². The Morgan fingerprint density at radius 1 is 1.33 bits per heavy atom. The van der Waals surface area contributed by atoms with E-state index in [0.29, 0.717) is 0 Å². The third kappa shape index (κ3) is 4.55. The molecule has 0 fully saturated rings. The first-order valence-electron chi connectivity index (χ1n) is 6.34. The third-order valence-corrected chi connectivity index (χ3v) is 4.44. The van der Waals surface area contributed by atoms with E-state index in [1.54, 1.807) is 6.07 Å². The molecule has 7 heteroatoms. The maximum atomic E-state index is 12.4. The van der Waals surface area contributed by atoms with E-state index in [1.807, 2.05) is 26.8 Å². The SMILES string of the molecule is CN(CC(=O)NC(C)(C)C)S(=O)(=O)c1ccccc1C#N. The minimum absolute atomic E-state index is 0.0561. The van der Waals surface area contributed by atoms with Crippen LogP contribution in [0, 0.1) is 11.3 Å². The molecule has 0 bridgehead atoms. The molecular weight excluding hydrogens is 290 g/mol. The number of nitrogens with one attached hydrogen (secondary N) is 1. The Morgan fingerprint density at radius 3 is 2.43 bits per heavy atom. The van der Waals surface area contributed by atoms with Crippen molar-refractivity contribution in [1.29, 1.82) is 5.26 Å². The largest absolute Gasteiger partial charge is 0.350 e. The Bertz CT molecular complexity index is 669. The second-order valence-electron chi connectivity index (χ2n) is 5.67. The zero-order valence-corrected chi connectivity index (χ0v) is 13.4. The third-order valence-electron chi connectivity index (χ3n) is 2.58. The smallest absolute Gasteiger partial charge is 0.244 e. The second kappa shape index (κ2) is 6.24. The molecule has 114 valence electrons. The highest BCUT2D eigenvalue weighted by Gasteiger charge is 2.26. The molecule has 6 nitrogen and oxygen atoms in total. The summed E-state index contributed by atoms with van der Waals surface area (Å²) in [5.41, 5.74) is -0.382. The van der Waals surface area contributed by atoms with Crippen molar-refractivity contribution in [3.63, 3.8) is 0 Å². The quantitative estimate of drug-likeness (QED) is 0.901. The van der Waals surface area contributed by atoms with Gasteiger partial charge in [-0.15, -0.1) is 0 Å². The van der Waals surface area contributed by atoms with Gasteiger partial charge in [-0.05, 0) is 32.9 Å². The molecule has 0 unspecified atom stereocenters. The van der Waals surface area contributed by atoms with Crippen molar-refractivity contribution in [2.24, 2.45) is 0 Å². The number of carbonyl (C=O) groups excluding carboxylic acids is 1. The van der Waals surface area contributed by atoms with Crippen LogP contribution in [0.2, 0.25) is 0 Å². The lowest BCUT2D eigenvalue weighted by Crippen LogP contribution is -2.46. The number of carbonyl (C=O) groups is 1. The molecule has 0 aliphatic rings. The van der Waals surface area contributed by atoms with Gasteiger partial charge in [0, 0.05) is 12.6 Å². The fourth-order valence-electron chi connectivity index (χ4n) is 1.70. The average molecular weight is 309 g/mol. The molecule has 0 aliphatic heterocycles. The number of sulfonamides is 1. The number of hydrogen-bond donors (Lipinski definition) is 1. The van der Waals surface area contributed by atoms with Gasteiger partial charge in [-0.3, -0.25) is 4.79 Å². The monoisotopic (exact) mass is 309 g/mol. The summed E-state index contributed by atoms with van der Waals surface area (Å²) in [6.45, 7) is 5.12. The lowest BCUT2D eigenvalue weighted by molar-refractivity contribution is -0.122. The van der Waals surface area contributed by atoms with Gasteiger partial charge in [-0.1, -0.05) is 12.1 Å². The minimum atomic E-state index is -3.88. The number of hydrogen-bond acceptors (Lipinski definition) is 4. The van der Waals surface area contributed by atoms with Crippen LogP contribution in [0.25, 0.3) is 0 Å². The summed E-state index contributed by atoms with van der Waals surface area (Å²) in [6, 6.07) is 7.75. The summed E-state index contributed by atoms with van der Waals surface area (Å²) in [5, 5.41) is 11.7. The molecule has 1 N–H and O–H groups in total. The van der Waals surface area contributed by atoms with Gasteiger partial charge < -0.3 is 5.32 Å². The first-order valence-corrected chi connectivity index (χ1v) is 7.78. The molecule has 0 aromatic heterocycles. The van der Waals surface area contributed by atoms with Crippen LogP contribution in [0.15, 0.2) is 29.2 Å². The van der Waals surface area contributed by atoms with E-state index in [4.69, 9.17) is 5.26 Å². The number of likely N-dealkylation sites (N-methyl/N-ethyl adjacent to an activating group) is 1. The van der Waals surface area contributed by atoms with Gasteiger partial charge in [0.2, 0.25) is 15.9 Å². The summed E-state index contributed by atoms with van der Waals surface area (Å²) < 4.78 is 25.8. The predicted octanol–water partition coefficient (Wildman–Crippen LogP) is 1.09. The average Bonchev–Trinajstić information content (AvgIpc) is 2.36. The van der Waals surface area contributed by atoms with Crippen molar-refractivity contribution in [3.8, 4) is 6.07 Å². The Labute approximate surface area is 125 Å². The Morgan fingerprint density at radius 2 is 1.90 bits per heavy atom. The van der Waals surface area contributed by atoms with Gasteiger partial charge in [0.15, 0.2) is 0 Å². The summed E-state index contributed by atoms with van der Waals surface area (Å²) in [7, 11) is -2.57. The standard InChI is InChI=1S/C14H19N3O3S/c1-14(2,3)16-13(18)10-17(4)21(19,20)12-8-6-5-7-11(12)9-15/h5-8H,10H2,1-4H3,(H,16,18). The minimum Gasteiger partial charge on any atom is -0.350 e. The number of amides is 1. The molecular formula is C14H19N3O3S. The van der Waals surface area contributed by atoms with Crippen molar-refractivity contribution in [2.75, 3.05) is 13.6 Å². The number of nitrogens with zero attached hydrogens (tertiary/aromatic N) is 2. The van der Waals surface area contributed by atoms with Crippen molar-refractivity contribution in [3.05, 3.63) is 29.8 Å². The van der Waals surface area contributed by atoms with Crippen molar-refractivity contribution in [2.45, 2.75) is 31.2 Å². The highest BCUT2D eigenvalue weighted by molar-refractivity contribution is 7.89. The Balaban J connectivity index is 2.98. The van der Waals surface area contributed by atoms with Crippen LogP contribution in [0.5, 0.6) is 0 Å². The van der Waals surface area contributed by atoms with E-state index in [2.05, 4.69) is 5.32 Å². The number of rotatable bonds is 4. The fraction of sp³-hybridized carbons (Fsp3) is 0.429. The van der Waals surface area contributed by atoms with Crippen LogP contribution < -0.4 is 5.32 Å². The summed E-state index contributed by atoms with van der Waals surface area (Å²) in [6.07, 6.45) is 0. The lowest BCUT2D eigenvalue weighted by Gasteiger charge is -2.23. The Hall–Kier alpha value is -1.91. The lowest BCUT2D eigenvalue weighted by atomic mass is 10.1. The summed E-state index contributed by atoms with van der Waals surface area (Å²) in [5.74, 6) is -0.400. The van der Waals surface area contributed by atoms with E-state index in [9.17, 15) is 13.2 Å². The topological polar surface area (TPSA) is 90.3 Å². The van der Waals surface area contributed by atoms with Crippen molar-refractivity contribution in [1.82, 2.24) is 9.62 Å². The van der Waals surface area contributed by atoms with Crippen LogP contribution in [-0.4, -0.2) is 37.8 Å².